The number of hydrogen-bond acceptors (Lipinski definition) is 3. The summed E-state index contributed by atoms with van der Waals surface area (Å²) in [6.45, 7) is 1.10. The minimum absolute atomic E-state index is 0.0329. The van der Waals surface area contributed by atoms with E-state index < -0.39 is 17.9 Å². The topological polar surface area (TPSA) is 86.7 Å². The molecule has 6 nitrogen and oxygen atoms in total. The fourth-order valence-corrected chi connectivity index (χ4v) is 2.30. The summed E-state index contributed by atoms with van der Waals surface area (Å²) in [6.07, 6.45) is 0.0329. The van der Waals surface area contributed by atoms with Crippen LogP contribution in [-0.2, 0) is 20.8 Å². The summed E-state index contributed by atoms with van der Waals surface area (Å²) in [5.41, 5.74) is 0.588. The number of aliphatic carboxylic acids is 1. The zero-order chi connectivity index (χ0) is 16.9. The summed E-state index contributed by atoms with van der Waals surface area (Å²) < 4.78 is 0. The van der Waals surface area contributed by atoms with Crippen molar-refractivity contribution in [2.45, 2.75) is 19.4 Å². The fraction of sp³-hybridized carbons (Fsp3) is 0.357. The Bertz CT molecular complexity index is 572. The number of carboxylic acids is 1. The number of carbonyl (C=O) groups is 3. The largest absolute Gasteiger partial charge is 0.480 e. The lowest BCUT2D eigenvalue weighted by Gasteiger charge is -2.18. The molecular weight excluding hydrogens is 331 g/mol. The summed E-state index contributed by atoms with van der Waals surface area (Å²) in [6, 6.07) is 3.56. The van der Waals surface area contributed by atoms with Crippen LogP contribution in [0, 0.1) is 0 Å². The molecule has 0 bridgehead atoms. The van der Waals surface area contributed by atoms with Crippen LogP contribution in [0.15, 0.2) is 18.2 Å². The number of likely N-dealkylation sites (N-methyl/N-ethyl adjacent to an activating group) is 1. The molecule has 0 fully saturated rings. The van der Waals surface area contributed by atoms with Gasteiger partial charge in [-0.15, -0.1) is 0 Å². The van der Waals surface area contributed by atoms with Crippen LogP contribution in [-0.4, -0.2) is 47.4 Å². The molecule has 0 aromatic heterocycles. The second-order valence-electron chi connectivity index (χ2n) is 4.82. The van der Waals surface area contributed by atoms with Crippen LogP contribution in [0.3, 0.4) is 0 Å². The van der Waals surface area contributed by atoms with Gasteiger partial charge in [-0.2, -0.15) is 0 Å². The maximum Gasteiger partial charge on any atom is 0.326 e. The average molecular weight is 347 g/mol. The van der Waals surface area contributed by atoms with Gasteiger partial charge in [0.05, 0.1) is 6.54 Å². The van der Waals surface area contributed by atoms with Crippen LogP contribution >= 0.6 is 23.2 Å². The van der Waals surface area contributed by atoms with E-state index in [0.717, 1.165) is 0 Å². The van der Waals surface area contributed by atoms with Crippen molar-refractivity contribution in [3.8, 4) is 0 Å². The lowest BCUT2D eigenvalue weighted by molar-refractivity contribution is -0.142. The summed E-state index contributed by atoms with van der Waals surface area (Å²) in [7, 11) is 1.45. The molecule has 0 radical (unpaired) electrons. The zero-order valence-electron chi connectivity index (χ0n) is 12.1. The van der Waals surface area contributed by atoms with Crippen LogP contribution in [0.25, 0.3) is 0 Å². The maximum absolute atomic E-state index is 11.8. The Morgan fingerprint density at radius 1 is 1.23 bits per heavy atom. The second-order valence-corrected chi connectivity index (χ2v) is 5.69. The second kappa shape index (κ2) is 8.00. The fourth-order valence-electron chi connectivity index (χ4n) is 1.73. The highest BCUT2D eigenvalue weighted by Gasteiger charge is 2.21. The van der Waals surface area contributed by atoms with Gasteiger partial charge in [0, 0.05) is 30.4 Å². The Kier molecular flexibility index (Phi) is 6.64. The van der Waals surface area contributed by atoms with Crippen molar-refractivity contribution in [2.75, 3.05) is 13.6 Å². The Hall–Kier alpha value is -1.79. The highest BCUT2D eigenvalue weighted by Crippen LogP contribution is 2.20. The molecule has 0 aliphatic carbocycles. The molecule has 1 unspecified atom stereocenters. The van der Waals surface area contributed by atoms with E-state index in [1.165, 1.54) is 24.9 Å². The molecule has 0 aliphatic rings. The van der Waals surface area contributed by atoms with Gasteiger partial charge in [-0.1, -0.05) is 23.2 Å². The van der Waals surface area contributed by atoms with Crippen LogP contribution in [0.1, 0.15) is 12.5 Å². The van der Waals surface area contributed by atoms with Crippen molar-refractivity contribution < 1.29 is 19.5 Å². The molecule has 120 valence electrons. The first-order chi connectivity index (χ1) is 10.2. The van der Waals surface area contributed by atoms with Crippen LogP contribution in [0.4, 0.5) is 0 Å². The standard InChI is InChI=1S/C14H16Cl2N2O4/c1-8(19)18(2)7-13(20)17-12(14(21)22)5-9-3-10(15)6-11(16)4-9/h3-4,6,12H,5,7H2,1-2H3,(H,17,20)(H,21,22). The number of nitrogens with one attached hydrogen (secondary N) is 1. The van der Waals surface area contributed by atoms with Crippen molar-refractivity contribution in [2.24, 2.45) is 0 Å². The first-order valence-electron chi connectivity index (χ1n) is 6.38. The third-order valence-electron chi connectivity index (χ3n) is 2.91. The van der Waals surface area contributed by atoms with Gasteiger partial charge in [-0.3, -0.25) is 9.59 Å². The number of carboxylic acid groups (broad SMARTS) is 1. The third kappa shape index (κ3) is 5.91. The monoisotopic (exact) mass is 346 g/mol. The average Bonchev–Trinajstić information content (AvgIpc) is 2.36. The molecule has 1 aromatic rings. The molecule has 1 aromatic carbocycles. The van der Waals surface area contributed by atoms with Gasteiger partial charge in [0.1, 0.15) is 6.04 Å². The number of halogens is 2. The molecule has 2 N–H and O–H groups in total. The van der Waals surface area contributed by atoms with Gasteiger partial charge < -0.3 is 15.3 Å². The van der Waals surface area contributed by atoms with Crippen molar-refractivity contribution >= 4 is 41.0 Å². The van der Waals surface area contributed by atoms with Crippen LogP contribution < -0.4 is 5.32 Å². The highest BCUT2D eigenvalue weighted by molar-refractivity contribution is 6.34. The van der Waals surface area contributed by atoms with E-state index >= 15 is 0 Å². The van der Waals surface area contributed by atoms with E-state index in [2.05, 4.69) is 5.32 Å². The Balaban J connectivity index is 2.75. The maximum atomic E-state index is 11.8. The molecule has 2 amide bonds. The Morgan fingerprint density at radius 2 is 1.77 bits per heavy atom. The van der Waals surface area contributed by atoms with Crippen molar-refractivity contribution in [1.29, 1.82) is 0 Å². The van der Waals surface area contributed by atoms with E-state index in [9.17, 15) is 19.5 Å². The van der Waals surface area contributed by atoms with Gasteiger partial charge in [-0.25, -0.2) is 4.79 Å². The lowest BCUT2D eigenvalue weighted by Crippen LogP contribution is -2.46. The predicted molar refractivity (Wildman–Crippen MR) is 83.0 cm³/mol. The number of rotatable bonds is 6. The van der Waals surface area contributed by atoms with Gasteiger partial charge in [0.15, 0.2) is 0 Å². The predicted octanol–water partition coefficient (Wildman–Crippen LogP) is 1.58. The van der Waals surface area contributed by atoms with Gasteiger partial charge >= 0.3 is 5.97 Å². The molecule has 0 heterocycles. The summed E-state index contributed by atoms with van der Waals surface area (Å²) in [5, 5.41) is 12.3. The van der Waals surface area contributed by atoms with E-state index in [1.807, 2.05) is 0 Å². The smallest absolute Gasteiger partial charge is 0.326 e. The van der Waals surface area contributed by atoms with Crippen molar-refractivity contribution in [3.63, 3.8) is 0 Å². The first kappa shape index (κ1) is 18.3. The summed E-state index contributed by atoms with van der Waals surface area (Å²) >= 11 is 11.7. The Labute approximate surface area is 138 Å². The van der Waals surface area contributed by atoms with Crippen LogP contribution in [0.2, 0.25) is 10.0 Å². The highest BCUT2D eigenvalue weighted by atomic mass is 35.5. The van der Waals surface area contributed by atoms with Gasteiger partial charge in [-0.05, 0) is 23.8 Å². The number of nitrogens with zero attached hydrogens (tertiary/aromatic N) is 1. The zero-order valence-corrected chi connectivity index (χ0v) is 13.6. The molecule has 0 saturated carbocycles. The third-order valence-corrected chi connectivity index (χ3v) is 3.35. The van der Waals surface area contributed by atoms with Crippen molar-refractivity contribution in [1.82, 2.24) is 10.2 Å². The van der Waals surface area contributed by atoms with Gasteiger partial charge in [0.2, 0.25) is 11.8 Å². The van der Waals surface area contributed by atoms with Crippen molar-refractivity contribution in [3.05, 3.63) is 33.8 Å². The van der Waals surface area contributed by atoms with Crippen LogP contribution in [0.5, 0.6) is 0 Å². The first-order valence-corrected chi connectivity index (χ1v) is 7.13. The van der Waals surface area contributed by atoms with E-state index in [-0.39, 0.29) is 18.9 Å². The summed E-state index contributed by atoms with van der Waals surface area (Å²) in [4.78, 5) is 35.3. The Morgan fingerprint density at radius 3 is 2.23 bits per heavy atom. The summed E-state index contributed by atoms with van der Waals surface area (Å²) in [5.74, 6) is -2.03. The molecule has 0 spiro atoms. The SMILES string of the molecule is CC(=O)N(C)CC(=O)NC(Cc1cc(Cl)cc(Cl)c1)C(=O)O. The quantitative estimate of drug-likeness (QED) is 0.818. The minimum Gasteiger partial charge on any atom is -0.480 e. The normalized spacial score (nSPS) is 11.6. The molecule has 0 aliphatic heterocycles. The molecule has 1 atom stereocenters. The molecule has 22 heavy (non-hydrogen) atoms. The molecule has 1 rings (SSSR count). The molecular formula is C14H16Cl2N2O4. The van der Waals surface area contributed by atoms with E-state index in [1.54, 1.807) is 12.1 Å². The minimum atomic E-state index is -1.19. The lowest BCUT2D eigenvalue weighted by atomic mass is 10.1. The van der Waals surface area contributed by atoms with Gasteiger partial charge in [0.25, 0.3) is 0 Å². The number of hydrogen-bond donors (Lipinski definition) is 2. The number of carbonyl (C=O) groups excluding carboxylic acids is 2. The van der Waals surface area contributed by atoms with E-state index in [4.69, 9.17) is 23.2 Å². The molecule has 0 saturated heterocycles. The molecule has 8 heteroatoms. The van der Waals surface area contributed by atoms with E-state index in [0.29, 0.717) is 15.6 Å². The number of benzene rings is 1. The number of amides is 2.